The summed E-state index contributed by atoms with van der Waals surface area (Å²) in [6, 6.07) is 41.0. The number of benzene rings is 5. The monoisotopic (exact) mass is 549 g/mol. The maximum atomic E-state index is 9.59. The molecule has 0 fully saturated rings. The molecule has 0 N–H and O–H groups in total. The molecule has 0 bridgehead atoms. The number of furan rings is 1. The molecule has 43 heavy (non-hydrogen) atoms. The second-order valence-corrected chi connectivity index (χ2v) is 10.7. The fraction of sp³-hybridized carbons (Fsp3) is 0. The van der Waals surface area contributed by atoms with Gasteiger partial charge in [0.25, 0.3) is 0 Å². The molecule has 6 nitrogen and oxygen atoms in total. The molecule has 6 heteroatoms. The fourth-order valence-electron chi connectivity index (χ4n) is 6.60. The lowest BCUT2D eigenvalue weighted by atomic mass is 10.1. The van der Waals surface area contributed by atoms with Crippen molar-refractivity contribution in [1.29, 1.82) is 10.5 Å². The minimum absolute atomic E-state index is 0.583. The molecule has 0 saturated heterocycles. The summed E-state index contributed by atoms with van der Waals surface area (Å²) in [7, 11) is 0. The number of nitrogens with zero attached hydrogens (tertiary/aromatic N) is 5. The number of aromatic nitrogens is 3. The predicted octanol–water partition coefficient (Wildman–Crippen LogP) is 8.92. The number of fused-ring (bicyclic) bond motifs is 10. The summed E-state index contributed by atoms with van der Waals surface area (Å²) in [5.74, 6) is 0. The fourth-order valence-corrected chi connectivity index (χ4v) is 6.60. The average Bonchev–Trinajstić information content (AvgIpc) is 3.71. The molecule has 4 aromatic heterocycles. The molecule has 0 aliphatic heterocycles. The van der Waals surface area contributed by atoms with Gasteiger partial charge in [0.15, 0.2) is 5.58 Å². The maximum absolute atomic E-state index is 9.59. The van der Waals surface area contributed by atoms with E-state index in [-0.39, 0.29) is 0 Å². The topological polar surface area (TPSA) is 83.5 Å². The van der Waals surface area contributed by atoms with Crippen molar-refractivity contribution in [3.8, 4) is 23.5 Å². The van der Waals surface area contributed by atoms with E-state index in [2.05, 4.69) is 86.9 Å². The van der Waals surface area contributed by atoms with Crippen molar-refractivity contribution in [3.05, 3.63) is 127 Å². The van der Waals surface area contributed by atoms with Crippen molar-refractivity contribution in [3.63, 3.8) is 0 Å². The molecule has 0 aliphatic carbocycles. The first-order valence-electron chi connectivity index (χ1n) is 13.9. The summed E-state index contributed by atoms with van der Waals surface area (Å²) in [6.07, 6.45) is 1.80. The number of rotatable bonds is 2. The van der Waals surface area contributed by atoms with Crippen LogP contribution in [0.15, 0.2) is 120 Å². The molecule has 0 saturated carbocycles. The van der Waals surface area contributed by atoms with Crippen molar-refractivity contribution in [2.45, 2.75) is 0 Å². The normalized spacial score (nSPS) is 11.7. The summed E-state index contributed by atoms with van der Waals surface area (Å²) in [6.45, 7) is 0. The molecule has 9 rings (SSSR count). The van der Waals surface area contributed by atoms with E-state index in [1.165, 1.54) is 0 Å². The van der Waals surface area contributed by atoms with Gasteiger partial charge in [-0.2, -0.15) is 10.5 Å². The van der Waals surface area contributed by atoms with Crippen LogP contribution in [0.25, 0.3) is 77.1 Å². The maximum Gasteiger partial charge on any atom is 0.153 e. The Kier molecular flexibility index (Phi) is 4.65. The standard InChI is InChI=1S/C37H19N5O/c38-20-22-10-13-31-28(17-22)29-18-23(21-39)11-14-32(29)41(31)24-5-3-6-25(19-24)42-30-8-2-1-7-26(30)35-33(42)15-12-27-36-34(43-37(27)35)9-4-16-40-36/h1-19H. The second-order valence-electron chi connectivity index (χ2n) is 10.7. The third-order valence-corrected chi connectivity index (χ3v) is 8.40. The van der Waals surface area contributed by atoms with Gasteiger partial charge in [0.2, 0.25) is 0 Å². The highest BCUT2D eigenvalue weighted by Crippen LogP contribution is 2.40. The minimum Gasteiger partial charge on any atom is -0.454 e. The zero-order valence-corrected chi connectivity index (χ0v) is 22.6. The van der Waals surface area contributed by atoms with Gasteiger partial charge >= 0.3 is 0 Å². The molecule has 0 aliphatic rings. The van der Waals surface area contributed by atoms with E-state index in [4.69, 9.17) is 4.42 Å². The van der Waals surface area contributed by atoms with E-state index >= 15 is 0 Å². The van der Waals surface area contributed by atoms with E-state index in [1.807, 2.05) is 48.5 Å². The van der Waals surface area contributed by atoms with Gasteiger partial charge in [0, 0.05) is 39.1 Å². The van der Waals surface area contributed by atoms with Crippen LogP contribution in [0.4, 0.5) is 0 Å². The molecule has 0 atom stereocenters. The third-order valence-electron chi connectivity index (χ3n) is 8.40. The Balaban J connectivity index is 1.35. The van der Waals surface area contributed by atoms with Crippen LogP contribution in [-0.4, -0.2) is 14.1 Å². The summed E-state index contributed by atoms with van der Waals surface area (Å²) in [4.78, 5) is 4.59. The van der Waals surface area contributed by atoms with Crippen LogP contribution < -0.4 is 0 Å². The highest BCUT2D eigenvalue weighted by Gasteiger charge is 2.20. The van der Waals surface area contributed by atoms with Crippen molar-refractivity contribution in [2.75, 3.05) is 0 Å². The lowest BCUT2D eigenvalue weighted by molar-refractivity contribution is 0.672. The van der Waals surface area contributed by atoms with Crippen LogP contribution in [-0.2, 0) is 0 Å². The van der Waals surface area contributed by atoms with Gasteiger partial charge < -0.3 is 13.6 Å². The molecule has 4 heterocycles. The molecule has 0 spiro atoms. The molecule has 0 amide bonds. The second kappa shape index (κ2) is 8.57. The average molecular weight is 550 g/mol. The smallest absolute Gasteiger partial charge is 0.153 e. The predicted molar refractivity (Wildman–Crippen MR) is 170 cm³/mol. The number of hydrogen-bond donors (Lipinski definition) is 0. The Hall–Kier alpha value is -6.37. The van der Waals surface area contributed by atoms with Gasteiger partial charge in [-0.05, 0) is 84.9 Å². The van der Waals surface area contributed by atoms with Crippen LogP contribution in [0.3, 0.4) is 0 Å². The summed E-state index contributed by atoms with van der Waals surface area (Å²) in [5, 5.41) is 24.2. The summed E-state index contributed by atoms with van der Waals surface area (Å²) >= 11 is 0. The molecular weight excluding hydrogens is 530 g/mol. The van der Waals surface area contributed by atoms with E-state index in [0.717, 1.165) is 77.1 Å². The molecule has 9 aromatic rings. The lowest BCUT2D eigenvalue weighted by Gasteiger charge is -2.13. The quantitative estimate of drug-likeness (QED) is 0.215. The molecule has 0 radical (unpaired) electrons. The number of para-hydroxylation sites is 1. The van der Waals surface area contributed by atoms with Gasteiger partial charge in [-0.15, -0.1) is 0 Å². The lowest BCUT2D eigenvalue weighted by Crippen LogP contribution is -1.98. The first kappa shape index (κ1) is 23.3. The molecule has 0 unspecified atom stereocenters. The SMILES string of the molecule is N#Cc1ccc2c(c1)c1cc(C#N)ccc1n2-c1cccc(-n2c3ccccc3c3c4oc5cccnc5c4ccc32)c1. The number of pyridine rings is 1. The van der Waals surface area contributed by atoms with Crippen LogP contribution in [0.1, 0.15) is 11.1 Å². The van der Waals surface area contributed by atoms with E-state index in [9.17, 15) is 10.5 Å². The van der Waals surface area contributed by atoms with Gasteiger partial charge in [0.1, 0.15) is 11.1 Å². The summed E-state index contributed by atoms with van der Waals surface area (Å²) < 4.78 is 10.9. The zero-order chi connectivity index (χ0) is 28.7. The highest BCUT2D eigenvalue weighted by atomic mass is 16.3. The Morgan fingerprint density at radius 3 is 1.93 bits per heavy atom. The zero-order valence-electron chi connectivity index (χ0n) is 22.6. The first-order valence-corrected chi connectivity index (χ1v) is 13.9. The van der Waals surface area contributed by atoms with Crippen molar-refractivity contribution < 1.29 is 4.42 Å². The van der Waals surface area contributed by atoms with Gasteiger partial charge in [-0.1, -0.05) is 24.3 Å². The van der Waals surface area contributed by atoms with Crippen molar-refractivity contribution in [2.24, 2.45) is 0 Å². The van der Waals surface area contributed by atoms with Gasteiger partial charge in [-0.3, -0.25) is 4.98 Å². The van der Waals surface area contributed by atoms with Crippen LogP contribution in [0.5, 0.6) is 0 Å². The first-order chi connectivity index (χ1) is 21.2. The van der Waals surface area contributed by atoms with Crippen LogP contribution in [0, 0.1) is 22.7 Å². The third kappa shape index (κ3) is 3.18. The van der Waals surface area contributed by atoms with Crippen molar-refractivity contribution >= 4 is 65.7 Å². The van der Waals surface area contributed by atoms with E-state index in [0.29, 0.717) is 11.1 Å². The minimum atomic E-state index is 0.583. The van der Waals surface area contributed by atoms with Crippen LogP contribution >= 0.6 is 0 Å². The Morgan fingerprint density at radius 2 is 1.21 bits per heavy atom. The number of nitriles is 2. The Bertz CT molecular complexity index is 2640. The molecular formula is C37H19N5O. The molecule has 198 valence electrons. The molecule has 5 aromatic carbocycles. The van der Waals surface area contributed by atoms with E-state index < -0.39 is 0 Å². The van der Waals surface area contributed by atoms with Crippen LogP contribution in [0.2, 0.25) is 0 Å². The largest absolute Gasteiger partial charge is 0.454 e. The van der Waals surface area contributed by atoms with Gasteiger partial charge in [0.05, 0.1) is 50.7 Å². The Morgan fingerprint density at radius 1 is 0.558 bits per heavy atom. The number of hydrogen-bond acceptors (Lipinski definition) is 4. The van der Waals surface area contributed by atoms with Crippen molar-refractivity contribution in [1.82, 2.24) is 14.1 Å². The van der Waals surface area contributed by atoms with Gasteiger partial charge in [-0.25, -0.2) is 0 Å². The Labute approximate surface area is 244 Å². The highest BCUT2D eigenvalue weighted by molar-refractivity contribution is 6.23. The summed E-state index contributed by atoms with van der Waals surface area (Å²) in [5.41, 5.74) is 9.69. The van der Waals surface area contributed by atoms with E-state index in [1.54, 1.807) is 6.20 Å².